The van der Waals surface area contributed by atoms with Crippen molar-refractivity contribution in [1.29, 1.82) is 0 Å². The molecule has 176 valence electrons. The molecular weight excluding hydrogens is 501 g/mol. The van der Waals surface area contributed by atoms with Crippen LogP contribution < -0.4 is 15.5 Å². The molecule has 0 aromatic heterocycles. The van der Waals surface area contributed by atoms with Gasteiger partial charge in [0.05, 0.1) is 19.8 Å². The normalized spacial score (nSPS) is 21.1. The Morgan fingerprint density at radius 2 is 1.87 bits per heavy atom. The topological polar surface area (TPSA) is 52.1 Å². The van der Waals surface area contributed by atoms with Crippen LogP contribution in [0.25, 0.3) is 0 Å². The Morgan fingerprint density at radius 3 is 2.55 bits per heavy atom. The third kappa shape index (κ3) is 8.77. The van der Waals surface area contributed by atoms with Crippen LogP contribution in [0.1, 0.15) is 33.6 Å². The zero-order valence-electron chi connectivity index (χ0n) is 19.6. The summed E-state index contributed by atoms with van der Waals surface area (Å²) in [4.78, 5) is 10.0. The Balaban J connectivity index is 0.00000341. The number of aliphatic imine (C=N–C) groups is 1. The molecule has 7 heteroatoms. The minimum atomic E-state index is 0. The van der Waals surface area contributed by atoms with Gasteiger partial charge < -0.3 is 20.3 Å². The number of hydrogen-bond donors (Lipinski definition) is 2. The van der Waals surface area contributed by atoms with E-state index in [-0.39, 0.29) is 24.0 Å². The molecule has 0 radical (unpaired) electrons. The average Bonchev–Trinajstić information content (AvgIpc) is 3.25. The lowest BCUT2D eigenvalue weighted by molar-refractivity contribution is 0.0143. The summed E-state index contributed by atoms with van der Waals surface area (Å²) >= 11 is 0. The molecule has 3 rings (SSSR count). The van der Waals surface area contributed by atoms with Gasteiger partial charge >= 0.3 is 0 Å². The summed E-state index contributed by atoms with van der Waals surface area (Å²) < 4.78 is 5.55. The zero-order valence-corrected chi connectivity index (χ0v) is 21.9. The first-order valence-corrected chi connectivity index (χ1v) is 11.8. The number of hydrogen-bond acceptors (Lipinski definition) is 4. The van der Waals surface area contributed by atoms with Crippen molar-refractivity contribution in [2.75, 3.05) is 63.9 Å². The zero-order chi connectivity index (χ0) is 21.2. The van der Waals surface area contributed by atoms with Gasteiger partial charge in [-0.15, -0.1) is 24.0 Å². The molecule has 2 saturated heterocycles. The van der Waals surface area contributed by atoms with E-state index in [1.54, 1.807) is 0 Å². The van der Waals surface area contributed by atoms with E-state index >= 15 is 0 Å². The quantitative estimate of drug-likeness (QED) is 0.284. The number of benzene rings is 1. The van der Waals surface area contributed by atoms with Crippen molar-refractivity contribution >= 4 is 35.6 Å². The van der Waals surface area contributed by atoms with Crippen molar-refractivity contribution in [2.45, 2.75) is 39.7 Å². The molecule has 2 heterocycles. The lowest BCUT2D eigenvalue weighted by atomic mass is 10.0. The number of halogens is 1. The number of para-hydroxylation sites is 1. The standard InChI is InChI=1S/C24H41N5O.HI/c1-4-25-24(27-18-23(16-20(2)3)28-12-14-30-15-13-28)26-17-21-10-11-29(19-21)22-8-6-5-7-9-22;/h5-9,20-21,23H,4,10-19H2,1-3H3,(H2,25,26,27);1H. The van der Waals surface area contributed by atoms with Gasteiger partial charge in [-0.1, -0.05) is 32.0 Å². The van der Waals surface area contributed by atoms with Crippen LogP contribution in [0.3, 0.4) is 0 Å². The van der Waals surface area contributed by atoms with Crippen molar-refractivity contribution in [3.05, 3.63) is 30.3 Å². The molecule has 0 bridgehead atoms. The molecule has 0 saturated carbocycles. The maximum atomic E-state index is 5.55. The van der Waals surface area contributed by atoms with Gasteiger partial charge in [0.1, 0.15) is 0 Å². The fourth-order valence-corrected chi connectivity index (χ4v) is 4.48. The molecule has 2 atom stereocenters. The van der Waals surface area contributed by atoms with E-state index in [1.165, 1.54) is 18.5 Å². The largest absolute Gasteiger partial charge is 0.379 e. The number of anilines is 1. The van der Waals surface area contributed by atoms with Gasteiger partial charge in [-0.2, -0.15) is 0 Å². The van der Waals surface area contributed by atoms with Gasteiger partial charge in [-0.3, -0.25) is 9.89 Å². The first-order valence-electron chi connectivity index (χ1n) is 11.8. The van der Waals surface area contributed by atoms with E-state index < -0.39 is 0 Å². The van der Waals surface area contributed by atoms with Crippen molar-refractivity contribution in [1.82, 2.24) is 15.5 Å². The van der Waals surface area contributed by atoms with Crippen LogP contribution in [0, 0.1) is 11.8 Å². The molecule has 0 spiro atoms. The van der Waals surface area contributed by atoms with Crippen molar-refractivity contribution in [3.8, 4) is 0 Å². The highest BCUT2D eigenvalue weighted by molar-refractivity contribution is 14.0. The number of rotatable bonds is 9. The predicted molar refractivity (Wildman–Crippen MR) is 142 cm³/mol. The molecule has 2 aliphatic heterocycles. The second-order valence-corrected chi connectivity index (χ2v) is 8.97. The van der Waals surface area contributed by atoms with Gasteiger partial charge in [-0.25, -0.2) is 0 Å². The summed E-state index contributed by atoms with van der Waals surface area (Å²) in [6.07, 6.45) is 2.41. The maximum absolute atomic E-state index is 5.55. The molecular formula is C24H42IN5O. The van der Waals surface area contributed by atoms with E-state index in [1.807, 2.05) is 0 Å². The lowest BCUT2D eigenvalue weighted by Crippen LogP contribution is -2.46. The van der Waals surface area contributed by atoms with E-state index in [0.717, 1.165) is 65.0 Å². The van der Waals surface area contributed by atoms with Crippen LogP contribution in [0.5, 0.6) is 0 Å². The van der Waals surface area contributed by atoms with Crippen LogP contribution in [0.15, 0.2) is 35.3 Å². The van der Waals surface area contributed by atoms with Crippen molar-refractivity contribution in [3.63, 3.8) is 0 Å². The first kappa shape index (κ1) is 26.2. The number of nitrogens with zero attached hydrogens (tertiary/aromatic N) is 3. The summed E-state index contributed by atoms with van der Waals surface area (Å²) in [5, 5.41) is 7.06. The fourth-order valence-electron chi connectivity index (χ4n) is 4.48. The van der Waals surface area contributed by atoms with Crippen LogP contribution in [0.4, 0.5) is 5.69 Å². The molecule has 2 fully saturated rings. The maximum Gasteiger partial charge on any atom is 0.191 e. The Labute approximate surface area is 206 Å². The Hall–Kier alpha value is -1.06. The Kier molecular flexibility index (Phi) is 12.0. The van der Waals surface area contributed by atoms with Crippen LogP contribution in [0.2, 0.25) is 0 Å². The molecule has 2 N–H and O–H groups in total. The number of guanidine groups is 1. The van der Waals surface area contributed by atoms with Gasteiger partial charge in [0.15, 0.2) is 5.96 Å². The van der Waals surface area contributed by atoms with Gasteiger partial charge in [0.2, 0.25) is 0 Å². The highest BCUT2D eigenvalue weighted by atomic mass is 127. The highest BCUT2D eigenvalue weighted by Crippen LogP contribution is 2.23. The minimum absolute atomic E-state index is 0. The van der Waals surface area contributed by atoms with Crippen molar-refractivity contribution < 1.29 is 4.74 Å². The van der Waals surface area contributed by atoms with Gasteiger partial charge in [-0.05, 0) is 43.7 Å². The second-order valence-electron chi connectivity index (χ2n) is 8.97. The van der Waals surface area contributed by atoms with Gasteiger partial charge in [0.25, 0.3) is 0 Å². The number of ether oxygens (including phenoxy) is 1. The minimum Gasteiger partial charge on any atom is -0.379 e. The predicted octanol–water partition coefficient (Wildman–Crippen LogP) is 3.43. The molecule has 2 aliphatic rings. The molecule has 2 unspecified atom stereocenters. The van der Waals surface area contributed by atoms with E-state index in [2.05, 4.69) is 71.5 Å². The summed E-state index contributed by atoms with van der Waals surface area (Å²) in [5.74, 6) is 2.28. The Morgan fingerprint density at radius 1 is 1.13 bits per heavy atom. The van der Waals surface area contributed by atoms with E-state index in [9.17, 15) is 0 Å². The summed E-state index contributed by atoms with van der Waals surface area (Å²) in [7, 11) is 0. The fraction of sp³-hybridized carbons (Fsp3) is 0.708. The molecule has 31 heavy (non-hydrogen) atoms. The number of morpholine rings is 1. The molecule has 1 aromatic rings. The van der Waals surface area contributed by atoms with E-state index in [4.69, 9.17) is 9.73 Å². The summed E-state index contributed by atoms with van der Waals surface area (Å²) in [6, 6.07) is 11.2. The molecule has 0 amide bonds. The smallest absolute Gasteiger partial charge is 0.191 e. The van der Waals surface area contributed by atoms with Crippen LogP contribution >= 0.6 is 24.0 Å². The monoisotopic (exact) mass is 543 g/mol. The van der Waals surface area contributed by atoms with E-state index in [0.29, 0.717) is 17.9 Å². The molecule has 6 nitrogen and oxygen atoms in total. The SMILES string of the molecule is CCNC(=NCC(CC(C)C)N1CCOCC1)NCC1CCN(c2ccccc2)C1.I. The molecule has 1 aromatic carbocycles. The summed E-state index contributed by atoms with van der Waals surface area (Å²) in [5.41, 5.74) is 1.34. The third-order valence-corrected chi connectivity index (χ3v) is 6.08. The Bertz CT molecular complexity index is 636. The molecule has 0 aliphatic carbocycles. The summed E-state index contributed by atoms with van der Waals surface area (Å²) in [6.45, 7) is 15.4. The van der Waals surface area contributed by atoms with Gasteiger partial charge in [0, 0.05) is 51.0 Å². The van der Waals surface area contributed by atoms with Crippen LogP contribution in [-0.2, 0) is 4.74 Å². The second kappa shape index (κ2) is 14.2. The first-order chi connectivity index (χ1) is 14.7. The third-order valence-electron chi connectivity index (χ3n) is 6.08. The number of nitrogens with one attached hydrogen (secondary N) is 2. The average molecular weight is 544 g/mol. The van der Waals surface area contributed by atoms with Crippen LogP contribution in [-0.4, -0.2) is 75.9 Å². The highest BCUT2D eigenvalue weighted by Gasteiger charge is 2.24. The lowest BCUT2D eigenvalue weighted by Gasteiger charge is -2.34. The van der Waals surface area contributed by atoms with Crippen molar-refractivity contribution in [2.24, 2.45) is 16.8 Å².